The predicted octanol–water partition coefficient (Wildman–Crippen LogP) is 4.17. The Kier molecular flexibility index (Phi) is 8.33. The Balaban J connectivity index is 1.86. The van der Waals surface area contributed by atoms with Gasteiger partial charge in [-0.15, -0.1) is 20.1 Å². The van der Waals surface area contributed by atoms with Crippen LogP contribution in [0.4, 0.5) is 5.69 Å². The van der Waals surface area contributed by atoms with Gasteiger partial charge in [-0.2, -0.15) is 4.31 Å². The summed E-state index contributed by atoms with van der Waals surface area (Å²) in [5, 5.41) is 18.4. The van der Waals surface area contributed by atoms with Gasteiger partial charge in [-0.3, -0.25) is 0 Å². The van der Waals surface area contributed by atoms with Gasteiger partial charge in [-0.25, -0.2) is 12.6 Å². The molecule has 1 aromatic rings. The average Bonchev–Trinajstić information content (AvgIpc) is 3.46. The molecule has 2 aliphatic rings. The zero-order chi connectivity index (χ0) is 27.9. The summed E-state index contributed by atoms with van der Waals surface area (Å²) in [5.74, 6) is 0.871. The quantitative estimate of drug-likeness (QED) is 0.437. The van der Waals surface area contributed by atoms with E-state index < -0.39 is 32.5 Å². The maximum atomic E-state index is 13.1. The van der Waals surface area contributed by atoms with Gasteiger partial charge in [0.25, 0.3) is 21.2 Å². The van der Waals surface area contributed by atoms with Gasteiger partial charge < -0.3 is 20.5 Å². The van der Waals surface area contributed by atoms with E-state index in [-0.39, 0.29) is 38.9 Å². The number of sulfonamides is 1. The molecule has 0 amide bonds. The van der Waals surface area contributed by atoms with E-state index in [2.05, 4.69) is 46.3 Å². The summed E-state index contributed by atoms with van der Waals surface area (Å²) < 4.78 is 53.5. The number of allylic oxidation sites excluding steroid dienone is 1. The predicted molar refractivity (Wildman–Crippen MR) is 151 cm³/mol. The molecule has 0 radical (unpaired) electrons. The summed E-state index contributed by atoms with van der Waals surface area (Å²) in [6.45, 7) is 16.3. The van der Waals surface area contributed by atoms with Crippen LogP contribution in [0.5, 0.6) is 5.75 Å². The van der Waals surface area contributed by atoms with Crippen molar-refractivity contribution in [1.82, 2.24) is 9.62 Å². The largest absolute Gasteiger partial charge is 0.504 e. The van der Waals surface area contributed by atoms with E-state index in [1.807, 2.05) is 19.9 Å². The van der Waals surface area contributed by atoms with Gasteiger partial charge in [-0.1, -0.05) is 32.4 Å². The minimum atomic E-state index is -3.94. The molecule has 10 nitrogen and oxygen atoms in total. The number of thiophene rings is 1. The van der Waals surface area contributed by atoms with Crippen LogP contribution in [-0.2, 0) is 25.9 Å². The molecule has 0 aromatic carbocycles. The fourth-order valence-corrected chi connectivity index (χ4v) is 7.04. The van der Waals surface area contributed by atoms with E-state index in [1.54, 1.807) is 20.8 Å². The molecule has 37 heavy (non-hydrogen) atoms. The first-order valence-corrected chi connectivity index (χ1v) is 15.2. The average molecular weight is 572 g/mol. The molecule has 0 fully saturated rings. The van der Waals surface area contributed by atoms with Crippen molar-refractivity contribution in [2.24, 2.45) is 20.1 Å². The topological polar surface area (TPSA) is 133 Å². The summed E-state index contributed by atoms with van der Waals surface area (Å²) in [5.41, 5.74) is 0.525. The molecule has 3 rings (SSSR count). The first-order chi connectivity index (χ1) is 16.9. The fourth-order valence-electron chi connectivity index (χ4n) is 3.51. The van der Waals surface area contributed by atoms with Crippen LogP contribution in [0.15, 0.2) is 41.9 Å². The van der Waals surface area contributed by atoms with Crippen LogP contribution in [0.2, 0.25) is 0 Å². The normalized spacial score (nSPS) is 21.2. The molecular formula is C24H37N5O5S3. The number of ether oxygens (including phenoxy) is 1. The third-order valence-electron chi connectivity index (χ3n) is 6.09. The van der Waals surface area contributed by atoms with E-state index in [0.717, 1.165) is 22.7 Å². The van der Waals surface area contributed by atoms with Gasteiger partial charge in [0.05, 0.1) is 12.3 Å². The molecule has 3 atom stereocenters. The van der Waals surface area contributed by atoms with Crippen molar-refractivity contribution in [2.45, 2.75) is 71.2 Å². The van der Waals surface area contributed by atoms with E-state index >= 15 is 0 Å². The monoisotopic (exact) mass is 571 g/mol. The third kappa shape index (κ3) is 6.62. The second kappa shape index (κ2) is 10.5. The van der Waals surface area contributed by atoms with Crippen molar-refractivity contribution < 1.29 is 22.5 Å². The zero-order valence-corrected chi connectivity index (χ0v) is 25.2. The zero-order valence-electron chi connectivity index (χ0n) is 22.7. The number of anilines is 1. The molecule has 0 saturated carbocycles. The van der Waals surface area contributed by atoms with Crippen LogP contribution in [-0.4, -0.2) is 58.9 Å². The standard InChI is InChI=1S/C24H37N5O5S3/c1-14(2)10-16(18-11-15(12-34-18)23(3,4)5)25-20-21(28-36(31)27-20)26-17-13-35-22(19(17)30)37(32,33)29(9)24(6,7)8/h10-11,13,15-16,30H,12H2,1-9H3,(H,25,27)(H,26,28). The van der Waals surface area contributed by atoms with E-state index in [1.165, 1.54) is 16.7 Å². The molecule has 0 spiro atoms. The van der Waals surface area contributed by atoms with Crippen LogP contribution in [0.25, 0.3) is 0 Å². The van der Waals surface area contributed by atoms with Gasteiger partial charge in [0.1, 0.15) is 11.8 Å². The minimum absolute atomic E-state index is 0.0351. The molecule has 0 aliphatic carbocycles. The maximum Gasteiger partial charge on any atom is 0.269 e. The van der Waals surface area contributed by atoms with Gasteiger partial charge in [0.15, 0.2) is 21.6 Å². The number of hydrogen-bond donors (Lipinski definition) is 3. The Morgan fingerprint density at radius 2 is 1.86 bits per heavy atom. The lowest BCUT2D eigenvalue weighted by molar-refractivity contribution is 0.157. The van der Waals surface area contributed by atoms with E-state index in [0.29, 0.717) is 6.61 Å². The highest BCUT2D eigenvalue weighted by Crippen LogP contribution is 2.40. The molecule has 2 aliphatic heterocycles. The third-order valence-corrected chi connectivity index (χ3v) is 10.4. The van der Waals surface area contributed by atoms with Crippen molar-refractivity contribution in [1.29, 1.82) is 0 Å². The highest BCUT2D eigenvalue weighted by molar-refractivity contribution is 7.91. The van der Waals surface area contributed by atoms with Gasteiger partial charge in [0.2, 0.25) is 0 Å². The number of nitrogens with one attached hydrogen (secondary N) is 2. The lowest BCUT2D eigenvalue weighted by Gasteiger charge is -2.30. The number of amidine groups is 2. The minimum Gasteiger partial charge on any atom is -0.504 e. The lowest BCUT2D eigenvalue weighted by Crippen LogP contribution is -2.42. The number of rotatable bonds is 6. The molecular weight excluding hydrogens is 534 g/mol. The molecule has 1 aromatic heterocycles. The SMILES string of the molecule is CC(C)=CC(NC1=NS(=O)N=C1Nc1csc(S(=O)(=O)N(C)C(C)(C)C)c1O)C1=CC(C(C)(C)C)CO1. The van der Waals surface area contributed by atoms with Crippen molar-refractivity contribution in [3.8, 4) is 5.75 Å². The van der Waals surface area contributed by atoms with Crippen LogP contribution in [0.1, 0.15) is 55.4 Å². The maximum absolute atomic E-state index is 13.1. The second-order valence-corrected chi connectivity index (χ2v) is 15.3. The Labute approximate surface area is 226 Å². The molecule has 206 valence electrons. The van der Waals surface area contributed by atoms with Gasteiger partial charge in [0, 0.05) is 23.9 Å². The summed E-state index contributed by atoms with van der Waals surface area (Å²) in [6.07, 6.45) is 4.08. The Morgan fingerprint density at radius 3 is 2.41 bits per heavy atom. The highest BCUT2D eigenvalue weighted by Gasteiger charge is 2.36. The molecule has 13 heteroatoms. The summed E-state index contributed by atoms with van der Waals surface area (Å²) >= 11 is -0.993. The number of aromatic hydroxyl groups is 1. The van der Waals surface area contributed by atoms with E-state index in [9.17, 15) is 17.7 Å². The Bertz CT molecular complexity index is 1290. The Hall–Kier alpha value is -2.22. The first-order valence-electron chi connectivity index (χ1n) is 11.8. The number of hydrogen-bond acceptors (Lipinski definition) is 8. The van der Waals surface area contributed by atoms with Crippen molar-refractivity contribution in [2.75, 3.05) is 19.0 Å². The number of nitrogens with zero attached hydrogens (tertiary/aromatic N) is 3. The van der Waals surface area contributed by atoms with Crippen molar-refractivity contribution in [3.05, 3.63) is 28.9 Å². The summed E-state index contributed by atoms with van der Waals surface area (Å²) in [7, 11) is -2.47. The van der Waals surface area contributed by atoms with Crippen molar-refractivity contribution >= 4 is 49.9 Å². The summed E-state index contributed by atoms with van der Waals surface area (Å²) in [6, 6.07) is -0.384. The van der Waals surface area contributed by atoms with E-state index in [4.69, 9.17) is 4.74 Å². The van der Waals surface area contributed by atoms with Gasteiger partial charge >= 0.3 is 0 Å². The Morgan fingerprint density at radius 1 is 1.24 bits per heavy atom. The van der Waals surface area contributed by atoms with Crippen LogP contribution >= 0.6 is 11.3 Å². The summed E-state index contributed by atoms with van der Waals surface area (Å²) in [4.78, 5) is 0. The lowest BCUT2D eigenvalue weighted by atomic mass is 9.81. The van der Waals surface area contributed by atoms with Crippen molar-refractivity contribution in [3.63, 3.8) is 0 Å². The molecule has 3 unspecified atom stereocenters. The molecule has 3 N–H and O–H groups in total. The van der Waals surface area contributed by atoms with Crippen LogP contribution in [0, 0.1) is 11.3 Å². The molecule has 0 saturated heterocycles. The van der Waals surface area contributed by atoms with Gasteiger partial charge in [-0.05, 0) is 46.1 Å². The smallest absolute Gasteiger partial charge is 0.269 e. The fraction of sp³-hybridized carbons (Fsp3) is 0.583. The van der Waals surface area contributed by atoms with Crippen LogP contribution < -0.4 is 10.6 Å². The molecule has 0 bridgehead atoms. The first kappa shape index (κ1) is 29.3. The molecule has 3 heterocycles. The van der Waals surface area contributed by atoms with Crippen LogP contribution in [0.3, 0.4) is 0 Å². The highest BCUT2D eigenvalue weighted by atomic mass is 32.2. The second-order valence-electron chi connectivity index (χ2n) is 11.4.